The molecular weight excluding hydrogens is 330 g/mol. The van der Waals surface area contributed by atoms with Crippen molar-refractivity contribution < 1.29 is 4.74 Å². The third kappa shape index (κ3) is 2.98. The molecule has 2 fully saturated rings. The molecule has 27 heavy (non-hydrogen) atoms. The molecule has 1 aromatic carbocycles. The fourth-order valence-electron chi connectivity index (χ4n) is 6.59. The molecule has 0 bridgehead atoms. The number of benzene rings is 1. The van der Waals surface area contributed by atoms with Gasteiger partial charge in [-0.3, -0.25) is 4.99 Å². The van der Waals surface area contributed by atoms with Crippen molar-refractivity contribution in [2.75, 3.05) is 7.11 Å². The van der Waals surface area contributed by atoms with Gasteiger partial charge in [0, 0.05) is 12.1 Å². The number of allylic oxidation sites excluding steroid dienone is 4. The molecule has 5 atom stereocenters. The zero-order valence-electron chi connectivity index (χ0n) is 16.6. The highest BCUT2D eigenvalue weighted by molar-refractivity contribution is 5.67. The van der Waals surface area contributed by atoms with Gasteiger partial charge in [0.05, 0.1) is 13.2 Å². The summed E-state index contributed by atoms with van der Waals surface area (Å²) in [7, 11) is 1.77. The van der Waals surface area contributed by atoms with Crippen molar-refractivity contribution in [2.24, 2.45) is 28.2 Å². The number of nitrogens with zero attached hydrogens (tertiary/aromatic N) is 1. The molecule has 4 aliphatic carbocycles. The van der Waals surface area contributed by atoms with Crippen LogP contribution >= 0.6 is 0 Å². The SMILES string of the molecule is COc1ccc2c(c1)CC[C@@H]1[C@@H]2CC[C@]2(C)C[C@@H](N=CC3C=CC=C3)C[C@@H]12. The van der Waals surface area contributed by atoms with Gasteiger partial charge >= 0.3 is 0 Å². The number of hydrogen-bond acceptors (Lipinski definition) is 2. The highest BCUT2D eigenvalue weighted by atomic mass is 16.5. The van der Waals surface area contributed by atoms with Crippen molar-refractivity contribution >= 4 is 6.21 Å². The minimum atomic E-state index is 0.421. The minimum absolute atomic E-state index is 0.421. The van der Waals surface area contributed by atoms with E-state index in [4.69, 9.17) is 9.73 Å². The largest absolute Gasteiger partial charge is 0.497 e. The first-order chi connectivity index (χ1) is 13.2. The van der Waals surface area contributed by atoms with Crippen LogP contribution in [0.25, 0.3) is 0 Å². The van der Waals surface area contributed by atoms with Crippen LogP contribution < -0.4 is 4.74 Å². The second-order valence-corrected chi connectivity index (χ2v) is 9.41. The Labute approximate surface area is 163 Å². The number of ether oxygens (including phenoxy) is 1. The Balaban J connectivity index is 1.36. The monoisotopic (exact) mass is 361 g/mol. The summed E-state index contributed by atoms with van der Waals surface area (Å²) >= 11 is 0. The normalized spacial score (nSPS) is 37.4. The molecule has 5 rings (SSSR count). The van der Waals surface area contributed by atoms with E-state index in [0.717, 1.165) is 23.5 Å². The smallest absolute Gasteiger partial charge is 0.119 e. The molecule has 1 aromatic rings. The Morgan fingerprint density at radius 2 is 2.04 bits per heavy atom. The van der Waals surface area contributed by atoms with Crippen LogP contribution in [0.3, 0.4) is 0 Å². The average Bonchev–Trinajstić information content (AvgIpc) is 3.32. The summed E-state index contributed by atoms with van der Waals surface area (Å²) in [6, 6.07) is 7.33. The van der Waals surface area contributed by atoms with Gasteiger partial charge in [0.25, 0.3) is 0 Å². The summed E-state index contributed by atoms with van der Waals surface area (Å²) in [4.78, 5) is 5.04. The number of aliphatic imine (C=N–C) groups is 1. The summed E-state index contributed by atoms with van der Waals surface area (Å²) < 4.78 is 5.46. The summed E-state index contributed by atoms with van der Waals surface area (Å²) in [5.41, 5.74) is 3.64. The summed E-state index contributed by atoms with van der Waals surface area (Å²) in [5.74, 6) is 3.86. The minimum Gasteiger partial charge on any atom is -0.497 e. The van der Waals surface area contributed by atoms with E-state index in [1.165, 1.54) is 44.1 Å². The highest BCUT2D eigenvalue weighted by Gasteiger charge is 2.52. The van der Waals surface area contributed by atoms with E-state index in [0.29, 0.717) is 17.4 Å². The molecule has 0 heterocycles. The van der Waals surface area contributed by atoms with Gasteiger partial charge < -0.3 is 4.74 Å². The molecule has 2 nitrogen and oxygen atoms in total. The Hall–Kier alpha value is -1.83. The number of hydrogen-bond donors (Lipinski definition) is 0. The maximum atomic E-state index is 5.46. The van der Waals surface area contributed by atoms with Crippen molar-refractivity contribution in [3.05, 3.63) is 53.6 Å². The lowest BCUT2D eigenvalue weighted by molar-refractivity contribution is 0.0598. The van der Waals surface area contributed by atoms with Crippen LogP contribution in [0.15, 0.2) is 47.5 Å². The molecule has 0 aliphatic heterocycles. The second kappa shape index (κ2) is 6.65. The zero-order valence-corrected chi connectivity index (χ0v) is 16.6. The van der Waals surface area contributed by atoms with Gasteiger partial charge in [0.1, 0.15) is 5.75 Å². The first-order valence-electron chi connectivity index (χ1n) is 10.7. The van der Waals surface area contributed by atoms with Crippen LogP contribution in [0.1, 0.15) is 56.1 Å². The van der Waals surface area contributed by atoms with Crippen molar-refractivity contribution in [3.8, 4) is 5.75 Å². The molecule has 0 N–H and O–H groups in total. The Bertz CT molecular complexity index is 795. The molecule has 0 aromatic heterocycles. The lowest BCUT2D eigenvalue weighted by Gasteiger charge is -2.49. The van der Waals surface area contributed by atoms with Crippen molar-refractivity contribution in [1.82, 2.24) is 0 Å². The number of fused-ring (bicyclic) bond motifs is 5. The summed E-state index contributed by atoms with van der Waals surface area (Å²) in [6.07, 6.45) is 18.8. The van der Waals surface area contributed by atoms with Crippen LogP contribution in [0.2, 0.25) is 0 Å². The third-order valence-electron chi connectivity index (χ3n) is 7.93. The number of aryl methyl sites for hydroxylation is 1. The number of rotatable bonds is 3. The molecule has 4 aliphatic rings. The van der Waals surface area contributed by atoms with E-state index in [-0.39, 0.29) is 0 Å². The van der Waals surface area contributed by atoms with E-state index < -0.39 is 0 Å². The second-order valence-electron chi connectivity index (χ2n) is 9.41. The van der Waals surface area contributed by atoms with E-state index >= 15 is 0 Å². The molecule has 0 unspecified atom stereocenters. The fourth-order valence-corrected chi connectivity index (χ4v) is 6.59. The predicted octanol–water partition coefficient (Wildman–Crippen LogP) is 5.73. The Morgan fingerprint density at radius 3 is 2.85 bits per heavy atom. The maximum Gasteiger partial charge on any atom is 0.119 e. The lowest BCUT2D eigenvalue weighted by atomic mass is 9.56. The molecule has 0 radical (unpaired) electrons. The maximum absolute atomic E-state index is 5.46. The van der Waals surface area contributed by atoms with Crippen molar-refractivity contribution in [3.63, 3.8) is 0 Å². The van der Waals surface area contributed by atoms with Crippen LogP contribution in [-0.2, 0) is 6.42 Å². The van der Waals surface area contributed by atoms with Crippen LogP contribution in [0.5, 0.6) is 5.75 Å². The topological polar surface area (TPSA) is 21.6 Å². The van der Waals surface area contributed by atoms with Gasteiger partial charge in [-0.1, -0.05) is 37.3 Å². The molecule has 2 heteroatoms. The van der Waals surface area contributed by atoms with Crippen LogP contribution in [-0.4, -0.2) is 19.4 Å². The molecule has 0 saturated heterocycles. The molecule has 0 spiro atoms. The third-order valence-corrected chi connectivity index (χ3v) is 7.93. The molecule has 142 valence electrons. The van der Waals surface area contributed by atoms with Gasteiger partial charge in [0.2, 0.25) is 0 Å². The van der Waals surface area contributed by atoms with Gasteiger partial charge in [-0.15, -0.1) is 0 Å². The average molecular weight is 362 g/mol. The molecule has 2 saturated carbocycles. The Morgan fingerprint density at radius 1 is 1.19 bits per heavy atom. The van der Waals surface area contributed by atoms with Crippen LogP contribution in [0, 0.1) is 23.2 Å². The van der Waals surface area contributed by atoms with Crippen molar-refractivity contribution in [1.29, 1.82) is 0 Å². The Kier molecular flexibility index (Phi) is 4.26. The van der Waals surface area contributed by atoms with Gasteiger partial charge in [-0.05, 0) is 85.0 Å². The standard InChI is InChI=1S/C25H31NO/c1-25-12-11-22-21-10-8-20(27-2)13-18(21)7-9-23(22)24(25)14-19(15-25)26-16-17-5-3-4-6-17/h3-6,8,10,13,16-17,19,22-24H,7,9,11-12,14-15H2,1-2H3/t19-,22+,23+,24-,25+/m0/s1. The summed E-state index contributed by atoms with van der Waals surface area (Å²) in [6.45, 7) is 2.56. The molecule has 0 amide bonds. The highest BCUT2D eigenvalue weighted by Crippen LogP contribution is 2.61. The molecular formula is C25H31NO. The van der Waals surface area contributed by atoms with Crippen LogP contribution in [0.4, 0.5) is 0 Å². The first-order valence-corrected chi connectivity index (χ1v) is 10.7. The predicted molar refractivity (Wildman–Crippen MR) is 112 cm³/mol. The zero-order chi connectivity index (χ0) is 18.4. The van der Waals surface area contributed by atoms with Gasteiger partial charge in [-0.25, -0.2) is 0 Å². The first kappa shape index (κ1) is 17.3. The van der Waals surface area contributed by atoms with E-state index in [2.05, 4.69) is 55.6 Å². The number of methoxy groups -OCH3 is 1. The van der Waals surface area contributed by atoms with E-state index in [1.54, 1.807) is 12.7 Å². The summed E-state index contributed by atoms with van der Waals surface area (Å²) in [5, 5.41) is 0. The van der Waals surface area contributed by atoms with Gasteiger partial charge in [0.15, 0.2) is 0 Å². The van der Waals surface area contributed by atoms with Crippen molar-refractivity contribution in [2.45, 2.75) is 57.4 Å². The lowest BCUT2D eigenvalue weighted by Crippen LogP contribution is -2.39. The fraction of sp³-hybridized carbons (Fsp3) is 0.560. The van der Waals surface area contributed by atoms with Gasteiger partial charge in [-0.2, -0.15) is 0 Å². The van der Waals surface area contributed by atoms with E-state index in [1.807, 2.05) is 0 Å². The van der Waals surface area contributed by atoms with E-state index in [9.17, 15) is 0 Å². The quantitative estimate of drug-likeness (QED) is 0.630.